The maximum atomic E-state index is 11.7. The number of aliphatic carboxylic acids is 1. The Kier molecular flexibility index (Phi) is 5.32. The number of amides is 1. The number of rotatable bonds is 6. The lowest BCUT2D eigenvalue weighted by atomic mass is 10.1. The van der Waals surface area contributed by atoms with Gasteiger partial charge in [-0.3, -0.25) is 14.4 Å². The van der Waals surface area contributed by atoms with Crippen LogP contribution in [0.4, 0.5) is 0 Å². The Morgan fingerprint density at radius 2 is 1.94 bits per heavy atom. The second kappa shape index (κ2) is 6.76. The molecule has 0 aromatic heterocycles. The van der Waals surface area contributed by atoms with Crippen LogP contribution in [0.15, 0.2) is 24.3 Å². The van der Waals surface area contributed by atoms with Crippen molar-refractivity contribution in [3.05, 3.63) is 34.9 Å². The third-order valence-corrected chi connectivity index (χ3v) is 2.45. The highest BCUT2D eigenvalue weighted by molar-refractivity contribution is 6.30. The SMILES string of the molecule is O=[C][C@H](CCC(=O)O)NC(=O)c1ccc(Cl)cc1. The van der Waals surface area contributed by atoms with E-state index in [1.54, 1.807) is 18.4 Å². The van der Waals surface area contributed by atoms with Crippen LogP contribution in [-0.2, 0) is 9.59 Å². The van der Waals surface area contributed by atoms with Gasteiger partial charge in [0, 0.05) is 17.0 Å². The lowest BCUT2D eigenvalue weighted by Crippen LogP contribution is -2.36. The molecule has 5 nitrogen and oxygen atoms in total. The summed E-state index contributed by atoms with van der Waals surface area (Å²) < 4.78 is 0. The number of benzene rings is 1. The minimum atomic E-state index is -1.03. The van der Waals surface area contributed by atoms with Gasteiger partial charge in [-0.05, 0) is 30.7 Å². The molecular formula is C12H11ClNO4. The van der Waals surface area contributed by atoms with Crippen LogP contribution in [0.3, 0.4) is 0 Å². The molecular weight excluding hydrogens is 258 g/mol. The molecule has 0 aliphatic rings. The predicted molar refractivity (Wildman–Crippen MR) is 65.3 cm³/mol. The van der Waals surface area contributed by atoms with Crippen LogP contribution in [0, 0.1) is 0 Å². The van der Waals surface area contributed by atoms with Gasteiger partial charge >= 0.3 is 5.97 Å². The Balaban J connectivity index is 2.59. The first kappa shape index (κ1) is 14.2. The summed E-state index contributed by atoms with van der Waals surface area (Å²) in [5.41, 5.74) is 0.343. The Morgan fingerprint density at radius 1 is 1.33 bits per heavy atom. The van der Waals surface area contributed by atoms with E-state index in [0.29, 0.717) is 10.6 Å². The summed E-state index contributed by atoms with van der Waals surface area (Å²) in [4.78, 5) is 32.6. The average molecular weight is 269 g/mol. The molecule has 1 atom stereocenters. The molecule has 0 saturated carbocycles. The van der Waals surface area contributed by atoms with Crippen LogP contribution in [0.25, 0.3) is 0 Å². The molecule has 1 aromatic carbocycles. The highest BCUT2D eigenvalue weighted by Gasteiger charge is 2.15. The van der Waals surface area contributed by atoms with Gasteiger partial charge in [0.15, 0.2) is 0 Å². The van der Waals surface area contributed by atoms with Crippen molar-refractivity contribution in [3.63, 3.8) is 0 Å². The molecule has 0 aliphatic carbocycles. The number of hydrogen-bond donors (Lipinski definition) is 2. The van der Waals surface area contributed by atoms with Gasteiger partial charge in [0.05, 0.1) is 6.04 Å². The summed E-state index contributed by atoms with van der Waals surface area (Å²) in [5, 5.41) is 11.4. The van der Waals surface area contributed by atoms with E-state index in [-0.39, 0.29) is 12.8 Å². The molecule has 6 heteroatoms. The number of carboxylic acid groups (broad SMARTS) is 1. The second-order valence-electron chi connectivity index (χ2n) is 3.58. The summed E-state index contributed by atoms with van der Waals surface area (Å²) in [6, 6.07) is 5.19. The first-order valence-corrected chi connectivity index (χ1v) is 5.56. The van der Waals surface area contributed by atoms with E-state index in [2.05, 4.69) is 5.32 Å². The van der Waals surface area contributed by atoms with E-state index in [4.69, 9.17) is 16.7 Å². The zero-order chi connectivity index (χ0) is 13.5. The van der Waals surface area contributed by atoms with Crippen LogP contribution >= 0.6 is 11.6 Å². The van der Waals surface area contributed by atoms with E-state index in [1.165, 1.54) is 12.1 Å². The predicted octanol–water partition coefficient (Wildman–Crippen LogP) is 1.41. The first-order chi connectivity index (χ1) is 8.52. The number of nitrogens with one attached hydrogen (secondary N) is 1. The number of carbonyl (C=O) groups excluding carboxylic acids is 2. The summed E-state index contributed by atoms with van der Waals surface area (Å²) >= 11 is 5.67. The average Bonchev–Trinajstić information content (AvgIpc) is 2.34. The Labute approximate surface area is 109 Å². The summed E-state index contributed by atoms with van der Waals surface area (Å²) in [6.45, 7) is 0. The Morgan fingerprint density at radius 3 is 2.44 bits per heavy atom. The maximum absolute atomic E-state index is 11.7. The fourth-order valence-corrected chi connectivity index (χ4v) is 1.40. The van der Waals surface area contributed by atoms with Gasteiger partial charge in [0.1, 0.15) is 0 Å². The molecule has 0 saturated heterocycles. The van der Waals surface area contributed by atoms with E-state index in [1.807, 2.05) is 0 Å². The molecule has 1 aromatic rings. The lowest BCUT2D eigenvalue weighted by Gasteiger charge is -2.10. The largest absolute Gasteiger partial charge is 0.481 e. The van der Waals surface area contributed by atoms with Crippen molar-refractivity contribution in [2.75, 3.05) is 0 Å². The summed E-state index contributed by atoms with van der Waals surface area (Å²) in [6.07, 6.45) is 1.40. The van der Waals surface area contributed by atoms with Gasteiger partial charge < -0.3 is 10.4 Å². The van der Waals surface area contributed by atoms with Crippen LogP contribution in [0.1, 0.15) is 23.2 Å². The maximum Gasteiger partial charge on any atom is 0.303 e. The topological polar surface area (TPSA) is 83.5 Å². The second-order valence-corrected chi connectivity index (χ2v) is 4.02. The van der Waals surface area contributed by atoms with Crippen LogP contribution < -0.4 is 5.32 Å². The van der Waals surface area contributed by atoms with Gasteiger partial charge in [-0.2, -0.15) is 0 Å². The molecule has 1 radical (unpaired) electrons. The van der Waals surface area contributed by atoms with E-state index < -0.39 is 17.9 Å². The summed E-state index contributed by atoms with van der Waals surface area (Å²) in [5.74, 6) is -1.50. The van der Waals surface area contributed by atoms with Gasteiger partial charge in [0.25, 0.3) is 5.91 Å². The fourth-order valence-electron chi connectivity index (χ4n) is 1.27. The van der Waals surface area contributed by atoms with Crippen molar-refractivity contribution in [2.45, 2.75) is 18.9 Å². The molecule has 2 N–H and O–H groups in total. The number of carboxylic acids is 1. The van der Waals surface area contributed by atoms with Crippen molar-refractivity contribution in [2.24, 2.45) is 0 Å². The zero-order valence-electron chi connectivity index (χ0n) is 9.35. The number of halogens is 1. The van der Waals surface area contributed by atoms with Gasteiger partial charge in [-0.15, -0.1) is 0 Å². The molecule has 0 aliphatic heterocycles. The highest BCUT2D eigenvalue weighted by Crippen LogP contribution is 2.09. The minimum absolute atomic E-state index is 0.0121. The fraction of sp³-hybridized carbons (Fsp3) is 0.250. The van der Waals surface area contributed by atoms with Gasteiger partial charge in [-0.1, -0.05) is 11.6 Å². The number of carbonyl (C=O) groups is 2. The van der Waals surface area contributed by atoms with E-state index >= 15 is 0 Å². The zero-order valence-corrected chi connectivity index (χ0v) is 10.1. The van der Waals surface area contributed by atoms with Crippen LogP contribution in [0.5, 0.6) is 0 Å². The quantitative estimate of drug-likeness (QED) is 0.817. The van der Waals surface area contributed by atoms with E-state index in [9.17, 15) is 14.4 Å². The highest BCUT2D eigenvalue weighted by atomic mass is 35.5. The van der Waals surface area contributed by atoms with Crippen LogP contribution in [0.2, 0.25) is 5.02 Å². The standard InChI is InChI=1S/C12H11ClNO4/c13-9-3-1-8(2-4-9)12(18)14-10(7-15)5-6-11(16)17/h1-4,10H,5-6H2,(H,14,18)(H,16,17)/t10-/m0/s1. The molecule has 1 rings (SSSR count). The summed E-state index contributed by atoms with van der Waals surface area (Å²) in [7, 11) is 0. The number of hydrogen-bond acceptors (Lipinski definition) is 3. The third-order valence-electron chi connectivity index (χ3n) is 2.20. The molecule has 0 fully saturated rings. The van der Waals surface area contributed by atoms with E-state index in [0.717, 1.165) is 0 Å². The molecule has 1 amide bonds. The van der Waals surface area contributed by atoms with Gasteiger partial charge in [-0.25, -0.2) is 0 Å². The molecule has 0 spiro atoms. The van der Waals surface area contributed by atoms with Crippen molar-refractivity contribution < 1.29 is 19.5 Å². The molecule has 0 unspecified atom stereocenters. The third kappa shape index (κ3) is 4.55. The van der Waals surface area contributed by atoms with Crippen molar-refractivity contribution in [1.82, 2.24) is 5.32 Å². The minimum Gasteiger partial charge on any atom is -0.481 e. The van der Waals surface area contributed by atoms with Crippen LogP contribution in [-0.4, -0.2) is 29.3 Å². The molecule has 18 heavy (non-hydrogen) atoms. The van der Waals surface area contributed by atoms with Gasteiger partial charge in [0.2, 0.25) is 6.29 Å². The monoisotopic (exact) mass is 268 g/mol. The Hall–Kier alpha value is -1.88. The van der Waals surface area contributed by atoms with Crippen molar-refractivity contribution in [3.8, 4) is 0 Å². The Bertz CT molecular complexity index is 444. The van der Waals surface area contributed by atoms with Crippen molar-refractivity contribution in [1.29, 1.82) is 0 Å². The van der Waals surface area contributed by atoms with Crippen molar-refractivity contribution >= 4 is 29.8 Å². The molecule has 95 valence electrons. The molecule has 0 heterocycles. The smallest absolute Gasteiger partial charge is 0.303 e. The molecule has 0 bridgehead atoms. The first-order valence-electron chi connectivity index (χ1n) is 5.19. The normalized spacial score (nSPS) is 11.6. The lowest BCUT2D eigenvalue weighted by molar-refractivity contribution is -0.137.